The minimum atomic E-state index is -0.415. The summed E-state index contributed by atoms with van der Waals surface area (Å²) in [7, 11) is 4.70. The van der Waals surface area contributed by atoms with E-state index in [9.17, 15) is 9.59 Å². The van der Waals surface area contributed by atoms with Crippen LogP contribution < -0.4 is 16.0 Å². The molecule has 120 valence electrons. The molecule has 0 amide bonds. The minimum Gasteiger partial charge on any atom is -0.436 e. The number of aryl methyl sites for hydroxylation is 4. The summed E-state index contributed by atoms with van der Waals surface area (Å²) in [5, 5.41) is 4.28. The second kappa shape index (κ2) is 5.12. The SMILES string of the molecule is Cc1ccc(C)c(Oc2nn(C)c3c(=O)n(C)c(=O)n(C)c23)c1. The van der Waals surface area contributed by atoms with E-state index in [2.05, 4.69) is 5.10 Å². The average Bonchev–Trinajstić information content (AvgIpc) is 2.83. The number of aromatic nitrogens is 4. The average molecular weight is 314 g/mol. The maximum atomic E-state index is 12.3. The van der Waals surface area contributed by atoms with Crippen LogP contribution in [0.25, 0.3) is 11.0 Å². The summed E-state index contributed by atoms with van der Waals surface area (Å²) in [4.78, 5) is 24.5. The van der Waals surface area contributed by atoms with Crippen molar-refractivity contribution >= 4 is 11.0 Å². The van der Waals surface area contributed by atoms with Crippen LogP contribution in [0, 0.1) is 13.8 Å². The standard InChI is InChI=1S/C16H18N4O3/c1-9-6-7-10(2)11(8-9)23-14-12-13(20(5)17-14)15(21)19(4)16(22)18(12)3/h6-8H,1-5H3. The fourth-order valence-corrected chi connectivity index (χ4v) is 2.59. The Morgan fingerprint density at radius 2 is 1.70 bits per heavy atom. The number of nitrogens with zero attached hydrogens (tertiary/aromatic N) is 4. The van der Waals surface area contributed by atoms with Gasteiger partial charge in [-0.2, -0.15) is 0 Å². The monoisotopic (exact) mass is 314 g/mol. The molecule has 0 saturated heterocycles. The van der Waals surface area contributed by atoms with E-state index in [-0.39, 0.29) is 5.88 Å². The third kappa shape index (κ3) is 2.25. The molecule has 2 heterocycles. The van der Waals surface area contributed by atoms with E-state index in [1.165, 1.54) is 16.3 Å². The first-order valence-electron chi connectivity index (χ1n) is 7.19. The molecule has 7 nitrogen and oxygen atoms in total. The zero-order valence-corrected chi connectivity index (χ0v) is 13.7. The Balaban J connectivity index is 2.30. The molecule has 0 fully saturated rings. The van der Waals surface area contributed by atoms with E-state index in [4.69, 9.17) is 4.74 Å². The summed E-state index contributed by atoms with van der Waals surface area (Å²) < 4.78 is 9.80. The smallest absolute Gasteiger partial charge is 0.331 e. The predicted octanol–water partition coefficient (Wildman–Crippen LogP) is 1.38. The first-order chi connectivity index (χ1) is 10.8. The van der Waals surface area contributed by atoms with E-state index >= 15 is 0 Å². The maximum absolute atomic E-state index is 12.3. The first kappa shape index (κ1) is 15.1. The van der Waals surface area contributed by atoms with Gasteiger partial charge in [0.1, 0.15) is 11.3 Å². The van der Waals surface area contributed by atoms with Crippen LogP contribution in [0.1, 0.15) is 11.1 Å². The van der Waals surface area contributed by atoms with Gasteiger partial charge >= 0.3 is 5.69 Å². The lowest BCUT2D eigenvalue weighted by molar-refractivity contribution is 0.452. The van der Waals surface area contributed by atoms with Crippen LogP contribution in [0.4, 0.5) is 0 Å². The highest BCUT2D eigenvalue weighted by atomic mass is 16.5. The van der Waals surface area contributed by atoms with Crippen LogP contribution in [0.5, 0.6) is 11.6 Å². The molecule has 0 aliphatic carbocycles. The lowest BCUT2D eigenvalue weighted by atomic mass is 10.1. The summed E-state index contributed by atoms with van der Waals surface area (Å²) >= 11 is 0. The molecule has 0 bridgehead atoms. The van der Waals surface area contributed by atoms with Crippen LogP contribution >= 0.6 is 0 Å². The molecule has 0 spiro atoms. The Hall–Kier alpha value is -2.83. The van der Waals surface area contributed by atoms with Gasteiger partial charge in [-0.05, 0) is 31.0 Å². The Bertz CT molecular complexity index is 1040. The lowest BCUT2D eigenvalue weighted by Gasteiger charge is -2.09. The van der Waals surface area contributed by atoms with Gasteiger partial charge in [0, 0.05) is 21.1 Å². The molecule has 0 aliphatic rings. The van der Waals surface area contributed by atoms with Crippen molar-refractivity contribution in [2.75, 3.05) is 0 Å². The Morgan fingerprint density at radius 1 is 1.00 bits per heavy atom. The number of hydrogen-bond acceptors (Lipinski definition) is 4. The molecule has 0 radical (unpaired) electrons. The van der Waals surface area contributed by atoms with E-state index in [1.807, 2.05) is 32.0 Å². The van der Waals surface area contributed by atoms with Gasteiger partial charge in [-0.25, -0.2) is 4.79 Å². The quantitative estimate of drug-likeness (QED) is 0.716. The van der Waals surface area contributed by atoms with Crippen LogP contribution in [-0.2, 0) is 21.1 Å². The van der Waals surface area contributed by atoms with Crippen LogP contribution in [0.2, 0.25) is 0 Å². The molecule has 1 aromatic carbocycles. The van der Waals surface area contributed by atoms with Gasteiger partial charge in [-0.15, -0.1) is 5.10 Å². The molecule has 3 rings (SSSR count). The second-order valence-corrected chi connectivity index (χ2v) is 5.70. The van der Waals surface area contributed by atoms with Gasteiger partial charge in [-0.3, -0.25) is 18.6 Å². The van der Waals surface area contributed by atoms with Gasteiger partial charge in [-0.1, -0.05) is 12.1 Å². The topological polar surface area (TPSA) is 71.1 Å². The Morgan fingerprint density at radius 3 is 2.39 bits per heavy atom. The molecule has 0 saturated carbocycles. The summed E-state index contributed by atoms with van der Waals surface area (Å²) in [6.45, 7) is 3.90. The summed E-state index contributed by atoms with van der Waals surface area (Å²) in [6.07, 6.45) is 0. The summed E-state index contributed by atoms with van der Waals surface area (Å²) in [5.74, 6) is 0.895. The van der Waals surface area contributed by atoms with Crippen molar-refractivity contribution in [2.24, 2.45) is 21.1 Å². The van der Waals surface area contributed by atoms with Crippen molar-refractivity contribution in [3.05, 3.63) is 50.2 Å². The highest BCUT2D eigenvalue weighted by Gasteiger charge is 2.20. The number of ether oxygens (including phenoxy) is 1. The number of rotatable bonds is 2. The number of benzene rings is 1. The van der Waals surface area contributed by atoms with Crippen molar-refractivity contribution in [3.8, 4) is 11.6 Å². The fourth-order valence-electron chi connectivity index (χ4n) is 2.59. The number of fused-ring (bicyclic) bond motifs is 1. The fraction of sp³-hybridized carbons (Fsp3) is 0.312. The van der Waals surface area contributed by atoms with Gasteiger partial charge in [0.15, 0.2) is 5.52 Å². The molecule has 0 atom stereocenters. The zero-order valence-electron chi connectivity index (χ0n) is 13.7. The minimum absolute atomic E-state index is 0.244. The van der Waals surface area contributed by atoms with E-state index < -0.39 is 11.2 Å². The van der Waals surface area contributed by atoms with Crippen LogP contribution in [0.15, 0.2) is 27.8 Å². The molecule has 2 aromatic heterocycles. The highest BCUT2D eigenvalue weighted by Crippen LogP contribution is 2.29. The third-order valence-electron chi connectivity index (χ3n) is 3.96. The van der Waals surface area contributed by atoms with Gasteiger partial charge in [0.25, 0.3) is 11.4 Å². The molecule has 3 aromatic rings. The predicted molar refractivity (Wildman–Crippen MR) is 87.2 cm³/mol. The van der Waals surface area contributed by atoms with Crippen LogP contribution in [0.3, 0.4) is 0 Å². The van der Waals surface area contributed by atoms with Crippen LogP contribution in [-0.4, -0.2) is 18.9 Å². The van der Waals surface area contributed by atoms with Crippen molar-refractivity contribution in [3.63, 3.8) is 0 Å². The second-order valence-electron chi connectivity index (χ2n) is 5.70. The molecule has 23 heavy (non-hydrogen) atoms. The Kier molecular flexibility index (Phi) is 3.35. The van der Waals surface area contributed by atoms with Crippen molar-refractivity contribution in [1.82, 2.24) is 18.9 Å². The molecular formula is C16H18N4O3. The van der Waals surface area contributed by atoms with Crippen molar-refractivity contribution < 1.29 is 4.74 Å². The molecular weight excluding hydrogens is 296 g/mol. The summed E-state index contributed by atoms with van der Waals surface area (Å²) in [6, 6.07) is 5.84. The molecule has 7 heteroatoms. The molecule has 0 N–H and O–H groups in total. The van der Waals surface area contributed by atoms with Crippen molar-refractivity contribution in [2.45, 2.75) is 13.8 Å². The van der Waals surface area contributed by atoms with Crippen molar-refractivity contribution in [1.29, 1.82) is 0 Å². The van der Waals surface area contributed by atoms with E-state index in [0.717, 1.165) is 15.7 Å². The summed E-state index contributed by atoms with van der Waals surface area (Å²) in [5.41, 5.74) is 1.91. The largest absolute Gasteiger partial charge is 0.436 e. The molecule has 0 unspecified atom stereocenters. The normalized spacial score (nSPS) is 11.2. The van der Waals surface area contributed by atoms with E-state index in [0.29, 0.717) is 16.8 Å². The lowest BCUT2D eigenvalue weighted by Crippen LogP contribution is -2.37. The van der Waals surface area contributed by atoms with Gasteiger partial charge in [0.05, 0.1) is 0 Å². The number of hydrogen-bond donors (Lipinski definition) is 0. The van der Waals surface area contributed by atoms with Gasteiger partial charge < -0.3 is 4.74 Å². The van der Waals surface area contributed by atoms with Gasteiger partial charge in [0.2, 0.25) is 0 Å². The first-order valence-corrected chi connectivity index (χ1v) is 7.19. The zero-order chi connectivity index (χ0) is 16.9. The maximum Gasteiger partial charge on any atom is 0.331 e. The highest BCUT2D eigenvalue weighted by molar-refractivity contribution is 5.80. The van der Waals surface area contributed by atoms with E-state index in [1.54, 1.807) is 14.1 Å². The third-order valence-corrected chi connectivity index (χ3v) is 3.96. The molecule has 0 aliphatic heterocycles. The Labute approximate surface area is 132 Å².